The monoisotopic (exact) mass is 195 g/mol. The summed E-state index contributed by atoms with van der Waals surface area (Å²) < 4.78 is 5.14. The first kappa shape index (κ1) is 12.7. The molecule has 1 aromatic rings. The molecule has 1 rings (SSSR count). The van der Waals surface area contributed by atoms with Gasteiger partial charge in [0.25, 0.3) is 0 Å². The number of nitrogens with zero attached hydrogens (tertiary/aromatic N) is 3. The fourth-order valence-corrected chi connectivity index (χ4v) is 0.700. The Hall–Kier alpha value is -1.29. The lowest BCUT2D eigenvalue weighted by atomic mass is 10.4. The number of aromatic nitrogens is 3. The Morgan fingerprint density at radius 3 is 2.50 bits per heavy atom. The maximum Gasteiger partial charge on any atom is 0.134 e. The summed E-state index contributed by atoms with van der Waals surface area (Å²) in [4.78, 5) is 11.6. The Labute approximate surface area is 85.1 Å². The first-order chi connectivity index (χ1) is 6.85. The molecule has 0 saturated carbocycles. The van der Waals surface area contributed by atoms with E-state index in [-0.39, 0.29) is 0 Å². The van der Waals surface area contributed by atoms with Crippen molar-refractivity contribution in [2.45, 2.75) is 20.3 Å². The minimum Gasteiger partial charge on any atom is -0.381 e. The number of hydrogen-bond acceptors (Lipinski definition) is 4. The average molecular weight is 195 g/mol. The van der Waals surface area contributed by atoms with Crippen molar-refractivity contribution in [3.63, 3.8) is 0 Å². The summed E-state index contributed by atoms with van der Waals surface area (Å²) in [6.07, 6.45) is 5.50. The molecule has 0 amide bonds. The first-order valence-electron chi connectivity index (χ1n) is 4.60. The molecule has 0 fully saturated rings. The third kappa shape index (κ3) is 7.36. The molecule has 0 aliphatic carbocycles. The van der Waals surface area contributed by atoms with Crippen LogP contribution in [0, 0.1) is 0 Å². The zero-order chi connectivity index (χ0) is 10.6. The molecule has 4 heteroatoms. The van der Waals surface area contributed by atoms with Crippen LogP contribution in [0.5, 0.6) is 0 Å². The van der Waals surface area contributed by atoms with Crippen LogP contribution in [0.2, 0.25) is 0 Å². The lowest BCUT2D eigenvalue weighted by Gasteiger charge is -1.97. The predicted octanol–water partition coefficient (Wildman–Crippen LogP) is 1.64. The fourth-order valence-electron chi connectivity index (χ4n) is 0.700. The van der Waals surface area contributed by atoms with Crippen molar-refractivity contribution < 1.29 is 4.74 Å². The van der Waals surface area contributed by atoms with E-state index in [1.807, 2.05) is 13.8 Å². The van der Waals surface area contributed by atoms with E-state index in [0.717, 1.165) is 18.9 Å². The van der Waals surface area contributed by atoms with E-state index in [4.69, 9.17) is 4.74 Å². The maximum absolute atomic E-state index is 5.14. The van der Waals surface area contributed by atoms with E-state index < -0.39 is 0 Å². The molecule has 0 bridgehead atoms. The summed E-state index contributed by atoms with van der Waals surface area (Å²) in [5.74, 6) is 0.786. The van der Waals surface area contributed by atoms with Gasteiger partial charge in [-0.2, -0.15) is 0 Å². The molecule has 14 heavy (non-hydrogen) atoms. The molecular weight excluding hydrogens is 178 g/mol. The summed E-state index contributed by atoms with van der Waals surface area (Å²) in [7, 11) is 0. The third-order valence-corrected chi connectivity index (χ3v) is 1.22. The highest BCUT2D eigenvalue weighted by atomic mass is 16.5. The highest BCUT2D eigenvalue weighted by Crippen LogP contribution is 1.87. The topological polar surface area (TPSA) is 47.9 Å². The summed E-state index contributed by atoms with van der Waals surface area (Å²) in [6, 6.07) is 0. The normalized spacial score (nSPS) is 8.71. The van der Waals surface area contributed by atoms with Gasteiger partial charge >= 0.3 is 0 Å². The standard InChI is InChI=1S/C7H11N3O.C3H6/c1-2-11-4-3-7-9-5-8-6-10-7;1-3-2/h5-6H,2-4H2,1H3;3H,1H2,2H3. The van der Waals surface area contributed by atoms with Crippen molar-refractivity contribution in [3.05, 3.63) is 31.1 Å². The Morgan fingerprint density at radius 2 is 2.00 bits per heavy atom. The van der Waals surface area contributed by atoms with Gasteiger partial charge in [0, 0.05) is 13.0 Å². The Bertz CT molecular complexity index is 226. The summed E-state index contributed by atoms with van der Waals surface area (Å²) in [5.41, 5.74) is 0. The van der Waals surface area contributed by atoms with E-state index in [0.29, 0.717) is 6.61 Å². The maximum atomic E-state index is 5.14. The highest BCUT2D eigenvalue weighted by Gasteiger charge is 1.92. The van der Waals surface area contributed by atoms with Gasteiger partial charge < -0.3 is 4.74 Å². The van der Waals surface area contributed by atoms with Gasteiger partial charge in [-0.05, 0) is 13.8 Å². The minimum absolute atomic E-state index is 0.681. The molecule has 1 aromatic heterocycles. The lowest BCUT2D eigenvalue weighted by molar-refractivity contribution is 0.149. The zero-order valence-corrected chi connectivity index (χ0v) is 8.81. The van der Waals surface area contributed by atoms with Gasteiger partial charge in [0.05, 0.1) is 6.61 Å². The fraction of sp³-hybridized carbons (Fsp3) is 0.500. The number of hydrogen-bond donors (Lipinski definition) is 0. The van der Waals surface area contributed by atoms with Gasteiger partial charge in [-0.1, -0.05) is 6.08 Å². The molecule has 0 N–H and O–H groups in total. The van der Waals surface area contributed by atoms with E-state index in [2.05, 4.69) is 21.5 Å². The van der Waals surface area contributed by atoms with Gasteiger partial charge in [0.1, 0.15) is 18.5 Å². The minimum atomic E-state index is 0.681. The molecule has 0 atom stereocenters. The molecular formula is C10H17N3O. The summed E-state index contributed by atoms with van der Waals surface area (Å²) >= 11 is 0. The van der Waals surface area contributed by atoms with E-state index in [9.17, 15) is 0 Å². The van der Waals surface area contributed by atoms with Crippen LogP contribution in [0.15, 0.2) is 25.3 Å². The summed E-state index contributed by atoms with van der Waals surface area (Å²) in [6.45, 7) is 8.64. The second kappa shape index (κ2) is 9.80. The smallest absolute Gasteiger partial charge is 0.134 e. The molecule has 1 heterocycles. The molecule has 0 radical (unpaired) electrons. The van der Waals surface area contributed by atoms with Crippen LogP contribution in [0.25, 0.3) is 0 Å². The van der Waals surface area contributed by atoms with Crippen molar-refractivity contribution in [2.24, 2.45) is 0 Å². The van der Waals surface area contributed by atoms with Crippen LogP contribution in [-0.2, 0) is 11.2 Å². The second-order valence-corrected chi connectivity index (χ2v) is 2.41. The van der Waals surface area contributed by atoms with Crippen molar-refractivity contribution in [2.75, 3.05) is 13.2 Å². The Balaban J connectivity index is 0.000000500. The van der Waals surface area contributed by atoms with E-state index in [1.165, 1.54) is 12.7 Å². The van der Waals surface area contributed by atoms with Crippen molar-refractivity contribution in [1.29, 1.82) is 0 Å². The zero-order valence-electron chi connectivity index (χ0n) is 8.81. The SMILES string of the molecule is C=CC.CCOCCc1ncncn1. The molecule has 4 nitrogen and oxygen atoms in total. The van der Waals surface area contributed by atoms with E-state index in [1.54, 1.807) is 6.08 Å². The van der Waals surface area contributed by atoms with Crippen LogP contribution >= 0.6 is 0 Å². The first-order valence-corrected chi connectivity index (χ1v) is 4.60. The largest absolute Gasteiger partial charge is 0.381 e. The van der Waals surface area contributed by atoms with Crippen LogP contribution in [0.4, 0.5) is 0 Å². The quantitative estimate of drug-likeness (QED) is 0.541. The van der Waals surface area contributed by atoms with Crippen molar-refractivity contribution in [1.82, 2.24) is 15.0 Å². The number of rotatable bonds is 4. The molecule has 0 saturated heterocycles. The molecule has 0 spiro atoms. The molecule has 0 unspecified atom stereocenters. The molecule has 0 aliphatic heterocycles. The lowest BCUT2D eigenvalue weighted by Crippen LogP contribution is -2.02. The number of allylic oxidation sites excluding steroid dienone is 1. The Morgan fingerprint density at radius 1 is 1.43 bits per heavy atom. The third-order valence-electron chi connectivity index (χ3n) is 1.22. The predicted molar refractivity (Wildman–Crippen MR) is 55.9 cm³/mol. The molecule has 0 aliphatic rings. The van der Waals surface area contributed by atoms with Gasteiger partial charge in [0.15, 0.2) is 0 Å². The van der Waals surface area contributed by atoms with Crippen molar-refractivity contribution >= 4 is 0 Å². The van der Waals surface area contributed by atoms with Gasteiger partial charge in [0.2, 0.25) is 0 Å². The molecule has 0 aromatic carbocycles. The van der Waals surface area contributed by atoms with Crippen LogP contribution < -0.4 is 0 Å². The van der Waals surface area contributed by atoms with Gasteiger partial charge in [-0.15, -0.1) is 6.58 Å². The molecule has 78 valence electrons. The van der Waals surface area contributed by atoms with E-state index >= 15 is 0 Å². The van der Waals surface area contributed by atoms with Crippen LogP contribution in [0.3, 0.4) is 0 Å². The van der Waals surface area contributed by atoms with Gasteiger partial charge in [-0.3, -0.25) is 0 Å². The number of ether oxygens (including phenoxy) is 1. The summed E-state index contributed by atoms with van der Waals surface area (Å²) in [5, 5.41) is 0. The Kier molecular flexibility index (Phi) is 8.89. The highest BCUT2D eigenvalue weighted by molar-refractivity contribution is 4.80. The average Bonchev–Trinajstić information content (AvgIpc) is 2.21. The van der Waals surface area contributed by atoms with Crippen LogP contribution in [0.1, 0.15) is 19.7 Å². The second-order valence-electron chi connectivity index (χ2n) is 2.41. The van der Waals surface area contributed by atoms with Gasteiger partial charge in [-0.25, -0.2) is 15.0 Å². The van der Waals surface area contributed by atoms with Crippen LogP contribution in [-0.4, -0.2) is 28.2 Å². The van der Waals surface area contributed by atoms with Crippen molar-refractivity contribution in [3.8, 4) is 0 Å².